The fourth-order valence-electron chi connectivity index (χ4n) is 1.35. The number of rotatable bonds is 1. The van der Waals surface area contributed by atoms with Gasteiger partial charge in [0.1, 0.15) is 0 Å². The minimum absolute atomic E-state index is 0.164. The molecule has 2 aromatic rings. The van der Waals surface area contributed by atoms with Crippen molar-refractivity contribution in [3.63, 3.8) is 0 Å². The van der Waals surface area contributed by atoms with Crippen molar-refractivity contribution in [2.24, 2.45) is 0 Å². The summed E-state index contributed by atoms with van der Waals surface area (Å²) in [7, 11) is 0. The number of thiazole rings is 1. The molecule has 0 atom stereocenters. The molecule has 0 aliphatic heterocycles. The first-order valence-electron chi connectivity index (χ1n) is 4.19. The van der Waals surface area contributed by atoms with Crippen LogP contribution in [0.2, 0.25) is 0 Å². The summed E-state index contributed by atoms with van der Waals surface area (Å²) in [6, 6.07) is 3.95. The van der Waals surface area contributed by atoms with Crippen molar-refractivity contribution in [2.75, 3.05) is 0 Å². The average Bonchev–Trinajstić information content (AvgIpc) is 2.57. The lowest BCUT2D eigenvalue weighted by molar-refractivity contribution is 0.0696. The lowest BCUT2D eigenvalue weighted by atomic mass is 10.1. The summed E-state index contributed by atoms with van der Waals surface area (Å²) >= 11 is 1.24. The number of nitrogens with zero attached hydrogens (tertiary/aromatic N) is 1. The zero-order valence-electron chi connectivity index (χ0n) is 7.87. The molecule has 0 aliphatic carbocycles. The maximum Gasteiger partial charge on any atom is 0.365 e. The maximum atomic E-state index is 10.7. The quantitative estimate of drug-likeness (QED) is 0.782. The third-order valence-corrected chi connectivity index (χ3v) is 3.30. The molecule has 0 bridgehead atoms. The highest BCUT2D eigenvalue weighted by Gasteiger charge is 2.12. The Hall–Kier alpha value is -1.42. The first-order valence-corrected chi connectivity index (χ1v) is 5.01. The predicted octanol–water partition coefficient (Wildman–Crippen LogP) is 2.61. The summed E-state index contributed by atoms with van der Waals surface area (Å²) in [5, 5.41) is 8.98. The van der Waals surface area contributed by atoms with Gasteiger partial charge in [-0.15, -0.1) is 11.3 Å². The molecule has 14 heavy (non-hydrogen) atoms. The number of fused-ring (bicyclic) bond motifs is 1. The fraction of sp³-hybridized carbons (Fsp3) is 0.200. The monoisotopic (exact) mass is 207 g/mol. The van der Waals surface area contributed by atoms with Gasteiger partial charge in [-0.25, -0.2) is 9.78 Å². The second-order valence-corrected chi connectivity index (χ2v) is 4.20. The van der Waals surface area contributed by atoms with Crippen LogP contribution in [-0.2, 0) is 0 Å². The Kier molecular flexibility index (Phi) is 2.00. The number of hydrogen-bond acceptors (Lipinski definition) is 3. The van der Waals surface area contributed by atoms with Crippen molar-refractivity contribution in [3.05, 3.63) is 28.3 Å². The zero-order chi connectivity index (χ0) is 10.3. The third-order valence-electron chi connectivity index (χ3n) is 2.13. The summed E-state index contributed by atoms with van der Waals surface area (Å²) in [5.41, 5.74) is 2.91. The van der Waals surface area contributed by atoms with Gasteiger partial charge in [-0.1, -0.05) is 12.1 Å². The molecule has 1 aromatic heterocycles. The molecule has 1 aromatic carbocycles. The molecule has 0 saturated carbocycles. The Morgan fingerprint density at radius 1 is 1.36 bits per heavy atom. The molecular weight excluding hydrogens is 198 g/mol. The first-order chi connectivity index (χ1) is 6.59. The van der Waals surface area contributed by atoms with E-state index in [0.29, 0.717) is 0 Å². The predicted molar refractivity (Wildman–Crippen MR) is 56.1 cm³/mol. The molecule has 4 heteroatoms. The van der Waals surface area contributed by atoms with Gasteiger partial charge in [-0.05, 0) is 25.0 Å². The number of aromatic nitrogens is 1. The number of carbonyl (C=O) groups is 1. The number of aryl methyl sites for hydroxylation is 2. The van der Waals surface area contributed by atoms with Crippen molar-refractivity contribution in [1.29, 1.82) is 0 Å². The molecule has 1 heterocycles. The molecule has 0 aliphatic rings. The molecule has 72 valence electrons. The summed E-state index contributed by atoms with van der Waals surface area (Å²) in [4.78, 5) is 14.8. The molecule has 0 amide bonds. The average molecular weight is 207 g/mol. The van der Waals surface area contributed by atoms with E-state index in [1.807, 2.05) is 26.0 Å². The van der Waals surface area contributed by atoms with Gasteiger partial charge in [-0.3, -0.25) is 0 Å². The zero-order valence-corrected chi connectivity index (χ0v) is 8.68. The second kappa shape index (κ2) is 3.06. The minimum Gasteiger partial charge on any atom is -0.476 e. The minimum atomic E-state index is -0.954. The highest BCUT2D eigenvalue weighted by molar-refractivity contribution is 7.20. The Balaban J connectivity index is 2.82. The van der Waals surface area contributed by atoms with E-state index in [9.17, 15) is 4.79 Å². The number of aromatic carboxylic acids is 1. The van der Waals surface area contributed by atoms with E-state index in [4.69, 9.17) is 5.11 Å². The number of carboxylic acid groups (broad SMARTS) is 1. The Labute approximate surface area is 85.0 Å². The van der Waals surface area contributed by atoms with Crippen LogP contribution in [0.4, 0.5) is 0 Å². The Morgan fingerprint density at radius 3 is 2.57 bits per heavy atom. The van der Waals surface area contributed by atoms with E-state index in [-0.39, 0.29) is 5.01 Å². The van der Waals surface area contributed by atoms with Crippen molar-refractivity contribution < 1.29 is 9.90 Å². The van der Waals surface area contributed by atoms with E-state index in [1.165, 1.54) is 11.3 Å². The first kappa shape index (κ1) is 9.15. The van der Waals surface area contributed by atoms with Crippen LogP contribution in [0.5, 0.6) is 0 Å². The van der Waals surface area contributed by atoms with E-state index in [1.54, 1.807) is 0 Å². The third kappa shape index (κ3) is 1.28. The highest BCUT2D eigenvalue weighted by Crippen LogP contribution is 2.27. The van der Waals surface area contributed by atoms with Gasteiger partial charge >= 0.3 is 5.97 Å². The number of hydrogen-bond donors (Lipinski definition) is 1. The highest BCUT2D eigenvalue weighted by atomic mass is 32.1. The van der Waals surface area contributed by atoms with Crippen LogP contribution in [-0.4, -0.2) is 16.1 Å². The van der Waals surface area contributed by atoms with Crippen molar-refractivity contribution in [2.45, 2.75) is 13.8 Å². The van der Waals surface area contributed by atoms with Crippen LogP contribution in [0.3, 0.4) is 0 Å². The van der Waals surface area contributed by atoms with Gasteiger partial charge < -0.3 is 5.11 Å². The summed E-state index contributed by atoms with van der Waals surface area (Å²) in [6.45, 7) is 3.90. The molecule has 0 fully saturated rings. The number of carboxylic acids is 1. The van der Waals surface area contributed by atoms with Gasteiger partial charge in [-0.2, -0.15) is 0 Å². The van der Waals surface area contributed by atoms with Crippen LogP contribution in [0, 0.1) is 13.8 Å². The molecule has 0 unspecified atom stereocenters. The van der Waals surface area contributed by atoms with Crippen LogP contribution in [0.25, 0.3) is 10.2 Å². The van der Waals surface area contributed by atoms with Gasteiger partial charge in [0.15, 0.2) is 0 Å². The summed E-state index contributed by atoms with van der Waals surface area (Å²) < 4.78 is 0.974. The van der Waals surface area contributed by atoms with E-state index in [2.05, 4.69) is 4.98 Å². The molecular formula is C10H9NO2S. The van der Waals surface area contributed by atoms with Crippen LogP contribution < -0.4 is 0 Å². The van der Waals surface area contributed by atoms with Crippen molar-refractivity contribution >= 4 is 27.5 Å². The Bertz CT molecular complexity index is 477. The van der Waals surface area contributed by atoms with Crippen LogP contribution >= 0.6 is 11.3 Å². The normalized spacial score (nSPS) is 10.7. The van der Waals surface area contributed by atoms with Gasteiger partial charge in [0.2, 0.25) is 5.01 Å². The maximum absolute atomic E-state index is 10.7. The Morgan fingerprint density at radius 2 is 2.00 bits per heavy atom. The molecule has 1 N–H and O–H groups in total. The SMILES string of the molecule is Cc1ccc(C)c2sc(C(=O)O)nc12. The molecule has 2 rings (SSSR count). The topological polar surface area (TPSA) is 50.2 Å². The largest absolute Gasteiger partial charge is 0.476 e. The standard InChI is InChI=1S/C10H9NO2S/c1-5-3-4-6(2)8-7(5)11-9(14-8)10(12)13/h3-4H,1-2H3,(H,12,13). The summed E-state index contributed by atoms with van der Waals surface area (Å²) in [5.74, 6) is -0.954. The second-order valence-electron chi connectivity index (χ2n) is 3.20. The number of benzene rings is 1. The molecule has 3 nitrogen and oxygen atoms in total. The van der Waals surface area contributed by atoms with Crippen LogP contribution in [0.1, 0.15) is 20.9 Å². The molecule has 0 radical (unpaired) electrons. The van der Waals surface area contributed by atoms with E-state index < -0.39 is 5.97 Å². The van der Waals surface area contributed by atoms with E-state index >= 15 is 0 Å². The molecule has 0 saturated heterocycles. The smallest absolute Gasteiger partial charge is 0.365 e. The van der Waals surface area contributed by atoms with Gasteiger partial charge in [0.05, 0.1) is 10.2 Å². The molecule has 0 spiro atoms. The van der Waals surface area contributed by atoms with Crippen LogP contribution in [0.15, 0.2) is 12.1 Å². The van der Waals surface area contributed by atoms with E-state index in [0.717, 1.165) is 21.3 Å². The lowest BCUT2D eigenvalue weighted by Gasteiger charge is -1.96. The van der Waals surface area contributed by atoms with Crippen molar-refractivity contribution in [1.82, 2.24) is 4.98 Å². The fourth-order valence-corrected chi connectivity index (χ4v) is 2.30. The van der Waals surface area contributed by atoms with Gasteiger partial charge in [0.25, 0.3) is 0 Å². The summed E-state index contributed by atoms with van der Waals surface area (Å²) in [6.07, 6.45) is 0. The van der Waals surface area contributed by atoms with Gasteiger partial charge in [0, 0.05) is 0 Å². The van der Waals surface area contributed by atoms with Crippen molar-refractivity contribution in [3.8, 4) is 0 Å². The lowest BCUT2D eigenvalue weighted by Crippen LogP contribution is -1.93.